The molecule has 12 nitrogen and oxygen atoms in total. The molecule has 8 aliphatic carbocycles. The summed E-state index contributed by atoms with van der Waals surface area (Å²) in [6.07, 6.45) is 13.7. The summed E-state index contributed by atoms with van der Waals surface area (Å²) >= 11 is 0. The summed E-state index contributed by atoms with van der Waals surface area (Å²) in [5.41, 5.74) is 3.38. The molecule has 12 rings (SSSR count). The predicted octanol–water partition coefficient (Wildman–Crippen LogP) is 5.83. The quantitative estimate of drug-likeness (QED) is 0.194. The van der Waals surface area contributed by atoms with Crippen LogP contribution in [0.2, 0.25) is 0 Å². The number of nitrogens with one attached hydrogen (secondary N) is 4. The highest BCUT2D eigenvalue weighted by molar-refractivity contribution is 5.89. The molecule has 2 heterocycles. The number of hydrogen-bond acceptors (Lipinski definition) is 8. The molecule has 0 aromatic heterocycles. The minimum atomic E-state index is -0.238. The summed E-state index contributed by atoms with van der Waals surface area (Å²) in [6, 6.07) is 16.2. The molecule has 324 valence electrons. The fraction of sp³-hybridized carbons (Fsp3) is 0.667. The van der Waals surface area contributed by atoms with Crippen LogP contribution in [0.4, 0.5) is 22.7 Å². The Labute approximate surface area is 355 Å². The number of anilines is 4. The highest BCUT2D eigenvalue weighted by atomic mass is 16.3. The first-order valence-electron chi connectivity index (χ1n) is 23.1. The van der Waals surface area contributed by atoms with Gasteiger partial charge in [0.05, 0.1) is 23.0 Å². The van der Waals surface area contributed by atoms with Crippen molar-refractivity contribution in [2.75, 3.05) is 46.6 Å². The van der Waals surface area contributed by atoms with Crippen LogP contribution in [0, 0.1) is 46.3 Å². The van der Waals surface area contributed by atoms with Crippen LogP contribution in [0.5, 0.6) is 0 Å². The molecule has 10 fully saturated rings. The van der Waals surface area contributed by atoms with Gasteiger partial charge in [0.2, 0.25) is 23.6 Å². The summed E-state index contributed by atoms with van der Waals surface area (Å²) < 4.78 is 0. The van der Waals surface area contributed by atoms with E-state index >= 15 is 0 Å². The SMILES string of the molecule is CC(=O)Nc1ccc(N2CCC[C@H](NC(=O)C34CC5CC(C3)C(O)C(C5)C4)C2)cc1.CC(=O)Nc1ccc(N2CCC[C@H](NC(=O)C34CC5CC(C3)C(O)C(C5)C4)C2)cc1. The monoisotopic (exact) mass is 823 g/mol. The number of piperidine rings is 2. The summed E-state index contributed by atoms with van der Waals surface area (Å²) in [5.74, 6) is 2.89. The van der Waals surface area contributed by atoms with Crippen LogP contribution in [-0.4, -0.2) is 84.3 Å². The molecule has 2 aliphatic heterocycles. The molecule has 2 aromatic carbocycles. The Hall–Kier alpha value is -4.16. The Bertz CT molecular complexity index is 1750. The van der Waals surface area contributed by atoms with Gasteiger partial charge in [-0.15, -0.1) is 0 Å². The third-order valence-corrected chi connectivity index (χ3v) is 16.0. The minimum Gasteiger partial charge on any atom is -0.393 e. The van der Waals surface area contributed by atoms with Crippen molar-refractivity contribution in [1.82, 2.24) is 10.6 Å². The fourth-order valence-corrected chi connectivity index (χ4v) is 13.8. The second kappa shape index (κ2) is 16.6. The largest absolute Gasteiger partial charge is 0.393 e. The zero-order valence-corrected chi connectivity index (χ0v) is 35.5. The Balaban J connectivity index is 0.000000154. The lowest BCUT2D eigenvalue weighted by atomic mass is 9.48. The van der Waals surface area contributed by atoms with Crippen molar-refractivity contribution in [3.63, 3.8) is 0 Å². The maximum absolute atomic E-state index is 13.4. The standard InChI is InChI=1S/2C24H33N3O3/c2*1-15(28)25-19-4-6-21(7-5-19)27-8-2-3-20(14-27)26-23(30)24-11-16-9-17(12-24)22(29)18(10-16)13-24/h2*4-7,16-18,20,22,29H,2-3,8-14H2,1H3,(H,25,28)(H,26,30)/t2*16?,17?,18?,20-,22?,24?/m00/s1. The Morgan fingerprint density at radius 1 is 0.550 bits per heavy atom. The van der Waals surface area contributed by atoms with Gasteiger partial charge in [0, 0.05) is 74.9 Å². The summed E-state index contributed by atoms with van der Waals surface area (Å²) in [6.45, 7) is 6.62. The van der Waals surface area contributed by atoms with E-state index in [2.05, 4.69) is 31.1 Å². The number of carbonyl (C=O) groups is 4. The predicted molar refractivity (Wildman–Crippen MR) is 232 cm³/mol. The third kappa shape index (κ3) is 8.39. The average molecular weight is 823 g/mol. The van der Waals surface area contributed by atoms with Crippen molar-refractivity contribution >= 4 is 46.4 Å². The molecule has 8 saturated carbocycles. The maximum Gasteiger partial charge on any atom is 0.226 e. The van der Waals surface area contributed by atoms with Gasteiger partial charge < -0.3 is 41.3 Å². The lowest BCUT2D eigenvalue weighted by molar-refractivity contribution is -0.164. The average Bonchev–Trinajstić information content (AvgIpc) is 3.22. The van der Waals surface area contributed by atoms with Gasteiger partial charge in [-0.3, -0.25) is 19.2 Å². The van der Waals surface area contributed by atoms with Crippen molar-refractivity contribution in [3.8, 4) is 0 Å². The number of aliphatic hydroxyl groups excluding tert-OH is 2. The van der Waals surface area contributed by atoms with Crippen LogP contribution in [0.25, 0.3) is 0 Å². The number of aliphatic hydroxyl groups is 2. The molecule has 8 bridgehead atoms. The fourth-order valence-electron chi connectivity index (χ4n) is 13.8. The van der Waals surface area contributed by atoms with E-state index in [0.717, 1.165) is 139 Å². The van der Waals surface area contributed by atoms with E-state index in [1.165, 1.54) is 13.8 Å². The molecule has 4 unspecified atom stereocenters. The van der Waals surface area contributed by atoms with Crippen molar-refractivity contribution in [2.24, 2.45) is 46.3 Å². The van der Waals surface area contributed by atoms with Gasteiger partial charge in [0.15, 0.2) is 0 Å². The van der Waals surface area contributed by atoms with Crippen molar-refractivity contribution in [2.45, 2.75) is 128 Å². The lowest BCUT2D eigenvalue weighted by Crippen LogP contribution is -2.60. The van der Waals surface area contributed by atoms with Gasteiger partial charge in [0.1, 0.15) is 0 Å². The molecule has 10 aliphatic rings. The van der Waals surface area contributed by atoms with Gasteiger partial charge in [-0.1, -0.05) is 0 Å². The molecule has 2 saturated heterocycles. The zero-order chi connectivity index (χ0) is 41.8. The number of rotatable bonds is 8. The van der Waals surface area contributed by atoms with Crippen LogP contribution in [0.3, 0.4) is 0 Å². The topological polar surface area (TPSA) is 163 Å². The van der Waals surface area contributed by atoms with E-state index in [1.54, 1.807) is 0 Å². The van der Waals surface area contributed by atoms with Gasteiger partial charge in [-0.05, 0) is 174 Å². The van der Waals surface area contributed by atoms with E-state index in [9.17, 15) is 29.4 Å². The highest BCUT2D eigenvalue weighted by Crippen LogP contribution is 2.61. The van der Waals surface area contributed by atoms with Crippen LogP contribution in [-0.2, 0) is 19.2 Å². The maximum atomic E-state index is 13.4. The summed E-state index contributed by atoms with van der Waals surface area (Å²) in [5, 5.41) is 33.4. The lowest BCUT2D eigenvalue weighted by Gasteiger charge is -2.58. The van der Waals surface area contributed by atoms with Crippen LogP contribution in [0.1, 0.15) is 104 Å². The van der Waals surface area contributed by atoms with Gasteiger partial charge in [-0.2, -0.15) is 0 Å². The smallest absolute Gasteiger partial charge is 0.226 e. The number of benzene rings is 2. The first kappa shape index (κ1) is 41.2. The van der Waals surface area contributed by atoms with Crippen LogP contribution in [0.15, 0.2) is 48.5 Å². The first-order valence-corrected chi connectivity index (χ1v) is 23.1. The van der Waals surface area contributed by atoms with Crippen molar-refractivity contribution < 1.29 is 29.4 Å². The highest BCUT2D eigenvalue weighted by Gasteiger charge is 2.59. The Morgan fingerprint density at radius 3 is 1.23 bits per heavy atom. The third-order valence-electron chi connectivity index (χ3n) is 16.0. The zero-order valence-electron chi connectivity index (χ0n) is 35.5. The Kier molecular flexibility index (Phi) is 11.4. The van der Waals surface area contributed by atoms with Crippen LogP contribution < -0.4 is 31.1 Å². The number of amides is 4. The number of hydrogen-bond donors (Lipinski definition) is 6. The minimum absolute atomic E-state index is 0.0688. The molecule has 12 heteroatoms. The van der Waals surface area contributed by atoms with E-state index in [4.69, 9.17) is 0 Å². The van der Waals surface area contributed by atoms with Crippen molar-refractivity contribution in [1.29, 1.82) is 0 Å². The van der Waals surface area contributed by atoms with E-state index in [-0.39, 0.29) is 58.8 Å². The summed E-state index contributed by atoms with van der Waals surface area (Å²) in [7, 11) is 0. The molecule has 6 atom stereocenters. The van der Waals surface area contributed by atoms with E-state index < -0.39 is 0 Å². The van der Waals surface area contributed by atoms with Crippen LogP contribution >= 0.6 is 0 Å². The second-order valence-electron chi connectivity index (χ2n) is 20.5. The normalized spacial score (nSPS) is 37.1. The van der Waals surface area contributed by atoms with E-state index in [0.29, 0.717) is 35.5 Å². The molecule has 0 spiro atoms. The number of nitrogens with zero attached hydrogens (tertiary/aromatic N) is 2. The molecule has 0 radical (unpaired) electrons. The number of carbonyl (C=O) groups excluding carboxylic acids is 4. The second-order valence-corrected chi connectivity index (χ2v) is 20.5. The van der Waals surface area contributed by atoms with E-state index in [1.807, 2.05) is 48.5 Å². The summed E-state index contributed by atoms with van der Waals surface area (Å²) in [4.78, 5) is 53.9. The van der Waals surface area contributed by atoms with Gasteiger partial charge in [-0.25, -0.2) is 0 Å². The van der Waals surface area contributed by atoms with Gasteiger partial charge >= 0.3 is 0 Å². The molecule has 6 N–H and O–H groups in total. The first-order chi connectivity index (χ1) is 28.8. The Morgan fingerprint density at radius 2 is 0.900 bits per heavy atom. The van der Waals surface area contributed by atoms with Crippen molar-refractivity contribution in [3.05, 3.63) is 48.5 Å². The molecule has 4 amide bonds. The molecular formula is C48H66N6O6. The van der Waals surface area contributed by atoms with Gasteiger partial charge in [0.25, 0.3) is 0 Å². The molecular weight excluding hydrogens is 757 g/mol. The molecule has 60 heavy (non-hydrogen) atoms. The molecule has 2 aromatic rings.